The van der Waals surface area contributed by atoms with Crippen LogP contribution in [0.15, 0.2) is 84.9 Å². The molecule has 0 fully saturated rings. The molecule has 0 amide bonds. The van der Waals surface area contributed by atoms with Crippen molar-refractivity contribution >= 4 is 22.1 Å². The molecule has 0 atom stereocenters. The second-order valence-corrected chi connectivity index (χ2v) is 6.30. The van der Waals surface area contributed by atoms with Gasteiger partial charge in [-0.1, -0.05) is 66.7 Å². The molecule has 0 radical (unpaired) electrons. The second-order valence-electron chi connectivity index (χ2n) is 6.30. The van der Waals surface area contributed by atoms with Crippen molar-refractivity contribution < 1.29 is 0 Å². The average molecular weight is 307 g/mol. The van der Waals surface area contributed by atoms with E-state index in [4.69, 9.17) is 0 Å². The number of rotatable bonds is 2. The van der Waals surface area contributed by atoms with Gasteiger partial charge in [0.05, 0.1) is 0 Å². The maximum atomic E-state index is 2.27. The van der Waals surface area contributed by atoms with Gasteiger partial charge in [-0.25, -0.2) is 0 Å². The number of fused-ring (bicyclic) bond motifs is 3. The number of nitrogens with zero attached hydrogens (tertiary/aromatic N) is 1. The maximum absolute atomic E-state index is 2.27. The highest BCUT2D eigenvalue weighted by atomic mass is 15.1. The fraction of sp³-hybridized carbons (Fsp3) is 0.0435. The lowest BCUT2D eigenvalue weighted by molar-refractivity contribution is 1.22. The van der Waals surface area contributed by atoms with Gasteiger partial charge in [0.1, 0.15) is 0 Å². The van der Waals surface area contributed by atoms with Crippen molar-refractivity contribution in [3.8, 4) is 22.3 Å². The highest BCUT2D eigenvalue weighted by Gasteiger charge is 2.22. The van der Waals surface area contributed by atoms with E-state index in [0.29, 0.717) is 0 Å². The van der Waals surface area contributed by atoms with E-state index in [9.17, 15) is 0 Å². The van der Waals surface area contributed by atoms with Gasteiger partial charge in [0.25, 0.3) is 0 Å². The van der Waals surface area contributed by atoms with Crippen LogP contribution in [0, 0.1) is 0 Å². The number of para-hydroxylation sites is 1. The van der Waals surface area contributed by atoms with Crippen LogP contribution in [0.2, 0.25) is 0 Å². The monoisotopic (exact) mass is 307 g/mol. The van der Waals surface area contributed by atoms with Crippen LogP contribution in [0.25, 0.3) is 33.0 Å². The van der Waals surface area contributed by atoms with Crippen LogP contribution in [0.4, 0.5) is 11.4 Å². The summed E-state index contributed by atoms with van der Waals surface area (Å²) < 4.78 is 0. The van der Waals surface area contributed by atoms with E-state index in [2.05, 4.69) is 96.9 Å². The first-order valence-electron chi connectivity index (χ1n) is 8.29. The lowest BCUT2D eigenvalue weighted by Gasteiger charge is -2.22. The second kappa shape index (κ2) is 4.97. The first-order chi connectivity index (χ1) is 11.8. The van der Waals surface area contributed by atoms with Crippen LogP contribution in [-0.4, -0.2) is 7.05 Å². The highest BCUT2D eigenvalue weighted by Crippen LogP contribution is 2.49. The number of benzene rings is 4. The molecule has 0 bridgehead atoms. The van der Waals surface area contributed by atoms with Gasteiger partial charge in [0.15, 0.2) is 0 Å². The Balaban J connectivity index is 1.79. The molecule has 4 aromatic rings. The third-order valence-electron chi connectivity index (χ3n) is 5.03. The van der Waals surface area contributed by atoms with Gasteiger partial charge >= 0.3 is 0 Å². The lowest BCUT2D eigenvalue weighted by Crippen LogP contribution is -2.09. The minimum absolute atomic E-state index is 1.20. The minimum atomic E-state index is 1.20. The lowest BCUT2D eigenvalue weighted by atomic mass is 10.0. The fourth-order valence-corrected chi connectivity index (χ4v) is 3.88. The zero-order valence-corrected chi connectivity index (χ0v) is 13.5. The molecule has 0 aromatic heterocycles. The molecule has 1 aliphatic carbocycles. The van der Waals surface area contributed by atoms with Crippen LogP contribution in [-0.2, 0) is 0 Å². The minimum Gasteiger partial charge on any atom is -0.344 e. The Labute approximate surface area is 141 Å². The summed E-state index contributed by atoms with van der Waals surface area (Å²) in [6, 6.07) is 30.4. The van der Waals surface area contributed by atoms with Gasteiger partial charge in [-0.15, -0.1) is 0 Å². The van der Waals surface area contributed by atoms with Crippen molar-refractivity contribution in [2.75, 3.05) is 11.9 Å². The Morgan fingerprint density at radius 2 is 1.17 bits per heavy atom. The number of hydrogen-bond acceptors (Lipinski definition) is 1. The third kappa shape index (κ3) is 1.75. The molecule has 1 nitrogen and oxygen atoms in total. The number of hydrogen-bond donors (Lipinski definition) is 0. The first-order valence-corrected chi connectivity index (χ1v) is 8.29. The zero-order chi connectivity index (χ0) is 16.1. The smallest absolute Gasteiger partial charge is 0.0488 e. The summed E-state index contributed by atoms with van der Waals surface area (Å²) in [7, 11) is 2.14. The normalized spacial score (nSPS) is 11.5. The Morgan fingerprint density at radius 3 is 1.92 bits per heavy atom. The van der Waals surface area contributed by atoms with Crippen LogP contribution < -0.4 is 4.90 Å². The van der Waals surface area contributed by atoms with Crippen molar-refractivity contribution in [3.05, 3.63) is 84.9 Å². The summed E-state index contributed by atoms with van der Waals surface area (Å²) in [6.07, 6.45) is 0. The van der Waals surface area contributed by atoms with Crippen LogP contribution in [0.1, 0.15) is 0 Å². The molecule has 1 aliphatic rings. The van der Waals surface area contributed by atoms with Gasteiger partial charge in [0, 0.05) is 23.8 Å². The Kier molecular flexibility index (Phi) is 2.77. The van der Waals surface area contributed by atoms with Crippen molar-refractivity contribution in [2.45, 2.75) is 0 Å². The van der Waals surface area contributed by atoms with Crippen molar-refractivity contribution in [1.82, 2.24) is 0 Å². The molecule has 0 heterocycles. The molecule has 0 saturated heterocycles. The molecule has 1 heteroatoms. The van der Waals surface area contributed by atoms with Gasteiger partial charge in [-0.2, -0.15) is 0 Å². The van der Waals surface area contributed by atoms with Crippen molar-refractivity contribution in [2.24, 2.45) is 0 Å². The summed E-state index contributed by atoms with van der Waals surface area (Å²) in [6.45, 7) is 0. The standard InChI is InChI=1S/C23H17N/c1-24(16-8-3-2-4-9-16)22-15-14-20-18-11-6-5-10-17(18)19-12-7-13-21(22)23(19)20/h2-15H,1H3. The molecule has 0 aliphatic heterocycles. The van der Waals surface area contributed by atoms with E-state index in [1.807, 2.05) is 0 Å². The predicted molar refractivity (Wildman–Crippen MR) is 103 cm³/mol. The molecule has 5 rings (SSSR count). The fourth-order valence-electron chi connectivity index (χ4n) is 3.88. The van der Waals surface area contributed by atoms with E-state index in [1.54, 1.807) is 0 Å². The van der Waals surface area contributed by atoms with E-state index in [-0.39, 0.29) is 0 Å². The van der Waals surface area contributed by atoms with Gasteiger partial charge in [-0.05, 0) is 45.8 Å². The molecule has 0 spiro atoms. The van der Waals surface area contributed by atoms with Gasteiger partial charge in [0.2, 0.25) is 0 Å². The number of anilines is 2. The van der Waals surface area contributed by atoms with E-state index in [0.717, 1.165) is 0 Å². The van der Waals surface area contributed by atoms with Crippen LogP contribution in [0.3, 0.4) is 0 Å². The van der Waals surface area contributed by atoms with Crippen LogP contribution in [0.5, 0.6) is 0 Å². The summed E-state index contributed by atoms with van der Waals surface area (Å²) in [5.41, 5.74) is 7.83. The van der Waals surface area contributed by atoms with E-state index >= 15 is 0 Å². The molecule has 114 valence electrons. The highest BCUT2D eigenvalue weighted by molar-refractivity contribution is 6.18. The van der Waals surface area contributed by atoms with Crippen molar-refractivity contribution in [3.63, 3.8) is 0 Å². The quantitative estimate of drug-likeness (QED) is 0.372. The average Bonchev–Trinajstić information content (AvgIpc) is 2.99. The molecule has 0 N–H and O–H groups in total. The largest absolute Gasteiger partial charge is 0.344 e. The molecule has 4 aromatic carbocycles. The summed E-state index contributed by atoms with van der Waals surface area (Å²) in [5, 5.41) is 2.69. The predicted octanol–water partition coefficient (Wildman–Crippen LogP) is 6.26. The van der Waals surface area contributed by atoms with Crippen LogP contribution >= 0.6 is 0 Å². The van der Waals surface area contributed by atoms with E-state index in [1.165, 1.54) is 44.4 Å². The molecular formula is C23H17N. The van der Waals surface area contributed by atoms with Gasteiger partial charge < -0.3 is 4.90 Å². The molecular weight excluding hydrogens is 290 g/mol. The first kappa shape index (κ1) is 13.4. The summed E-state index contributed by atoms with van der Waals surface area (Å²) in [5.74, 6) is 0. The Hall–Kier alpha value is -3.06. The molecule has 0 unspecified atom stereocenters. The van der Waals surface area contributed by atoms with E-state index < -0.39 is 0 Å². The summed E-state index contributed by atoms with van der Waals surface area (Å²) in [4.78, 5) is 2.27. The maximum Gasteiger partial charge on any atom is 0.0488 e. The van der Waals surface area contributed by atoms with Gasteiger partial charge in [-0.3, -0.25) is 0 Å². The SMILES string of the molecule is CN(c1ccccc1)c1ccc2c3c(cccc13)-c1ccccc1-2. The summed E-state index contributed by atoms with van der Waals surface area (Å²) >= 11 is 0. The molecule has 0 saturated carbocycles. The zero-order valence-electron chi connectivity index (χ0n) is 13.5. The molecule has 24 heavy (non-hydrogen) atoms. The Morgan fingerprint density at radius 1 is 0.542 bits per heavy atom. The van der Waals surface area contributed by atoms with Crippen molar-refractivity contribution in [1.29, 1.82) is 0 Å². The third-order valence-corrected chi connectivity index (χ3v) is 5.03. The Bertz CT molecular complexity index is 1030. The topological polar surface area (TPSA) is 3.24 Å².